The van der Waals surface area contributed by atoms with Gasteiger partial charge in [0.1, 0.15) is 17.3 Å². The quantitative estimate of drug-likeness (QED) is 0.686. The molecule has 0 amide bonds. The van der Waals surface area contributed by atoms with Crippen LogP contribution in [-0.4, -0.2) is 29.1 Å². The number of carbonyl (C=O) groups excluding carboxylic acids is 1. The van der Waals surface area contributed by atoms with Gasteiger partial charge in [-0.05, 0) is 38.5 Å². The van der Waals surface area contributed by atoms with Gasteiger partial charge in [0, 0.05) is 13.3 Å². The van der Waals surface area contributed by atoms with Gasteiger partial charge in [0.05, 0.1) is 0 Å². The molecule has 3 aliphatic rings. The Hall–Kier alpha value is -0.610. The molecule has 2 aliphatic heterocycles. The molecule has 2 bridgehead atoms. The molecule has 0 unspecified atom stereocenters. The molecule has 1 aliphatic carbocycles. The summed E-state index contributed by atoms with van der Waals surface area (Å²) >= 11 is 0. The van der Waals surface area contributed by atoms with Crippen molar-refractivity contribution in [3.8, 4) is 0 Å². The van der Waals surface area contributed by atoms with Gasteiger partial charge in [0.2, 0.25) is 0 Å². The van der Waals surface area contributed by atoms with Crippen LogP contribution in [0.1, 0.15) is 60.3 Å². The maximum absolute atomic E-state index is 11.4. The molecule has 0 aromatic rings. The van der Waals surface area contributed by atoms with Crippen LogP contribution in [0.3, 0.4) is 0 Å². The highest BCUT2D eigenvalue weighted by atomic mass is 16.8. The number of esters is 1. The van der Waals surface area contributed by atoms with Gasteiger partial charge in [-0.1, -0.05) is 13.8 Å². The highest BCUT2D eigenvalue weighted by Crippen LogP contribution is 2.66. The number of hydrogen-bond donors (Lipinski definition) is 0. The Morgan fingerprint density at radius 1 is 1.11 bits per heavy atom. The van der Waals surface area contributed by atoms with Gasteiger partial charge in [-0.15, -0.1) is 0 Å². The smallest absolute Gasteiger partial charge is 0.303 e. The number of carbonyl (C=O) groups is 1. The van der Waals surface area contributed by atoms with Crippen molar-refractivity contribution in [3.05, 3.63) is 0 Å². The second-order valence-corrected chi connectivity index (χ2v) is 7.29. The summed E-state index contributed by atoms with van der Waals surface area (Å²) in [6.07, 6.45) is 3.51. The lowest BCUT2D eigenvalue weighted by Gasteiger charge is -2.56. The lowest BCUT2D eigenvalue weighted by atomic mass is 9.56. The van der Waals surface area contributed by atoms with Crippen molar-refractivity contribution in [1.29, 1.82) is 0 Å². The van der Waals surface area contributed by atoms with Crippen molar-refractivity contribution >= 4 is 5.97 Å². The standard InChI is InChI=1S/C15H24O4/c1-10(16)17-11-6-7-12(2,3)15-9-8-13(4,19-15)18-14(11,15)5/h11H,6-9H2,1-5H3/t11-,13-,14+,15-/m1/s1. The van der Waals surface area contributed by atoms with Crippen LogP contribution in [0.5, 0.6) is 0 Å². The summed E-state index contributed by atoms with van der Waals surface area (Å²) in [5.74, 6) is -0.757. The van der Waals surface area contributed by atoms with Crippen LogP contribution < -0.4 is 0 Å². The van der Waals surface area contributed by atoms with Crippen molar-refractivity contribution in [3.63, 3.8) is 0 Å². The number of fused-ring (bicyclic) bond motifs is 1. The molecule has 3 rings (SSSR count). The highest BCUT2D eigenvalue weighted by molar-refractivity contribution is 5.66. The average Bonchev–Trinajstić information content (AvgIpc) is 2.72. The summed E-state index contributed by atoms with van der Waals surface area (Å²) in [5.41, 5.74) is -0.840. The molecule has 0 aromatic carbocycles. The molecule has 0 aromatic heterocycles. The van der Waals surface area contributed by atoms with E-state index in [0.29, 0.717) is 0 Å². The van der Waals surface area contributed by atoms with E-state index in [-0.39, 0.29) is 23.1 Å². The van der Waals surface area contributed by atoms with E-state index < -0.39 is 11.4 Å². The molecule has 2 saturated heterocycles. The Morgan fingerprint density at radius 3 is 2.37 bits per heavy atom. The van der Waals surface area contributed by atoms with E-state index >= 15 is 0 Å². The zero-order valence-corrected chi connectivity index (χ0v) is 12.5. The minimum atomic E-state index is -0.534. The van der Waals surface area contributed by atoms with E-state index in [9.17, 15) is 4.79 Å². The molecule has 2 heterocycles. The molecule has 4 heteroatoms. The van der Waals surface area contributed by atoms with Gasteiger partial charge in [-0.3, -0.25) is 4.79 Å². The average molecular weight is 268 g/mol. The summed E-state index contributed by atoms with van der Waals surface area (Å²) in [5, 5.41) is 0. The number of rotatable bonds is 1. The molecule has 3 fully saturated rings. The summed E-state index contributed by atoms with van der Waals surface area (Å²) in [6.45, 7) is 10.0. The Balaban J connectivity index is 2.04. The molecule has 0 radical (unpaired) electrons. The molecular formula is C15H24O4. The Morgan fingerprint density at radius 2 is 1.79 bits per heavy atom. The van der Waals surface area contributed by atoms with Crippen molar-refractivity contribution in [2.24, 2.45) is 5.41 Å². The third-order valence-electron chi connectivity index (χ3n) is 5.60. The topological polar surface area (TPSA) is 44.8 Å². The fraction of sp³-hybridized carbons (Fsp3) is 0.933. The second-order valence-electron chi connectivity index (χ2n) is 7.29. The lowest BCUT2D eigenvalue weighted by Crippen LogP contribution is -2.68. The first-order chi connectivity index (χ1) is 8.64. The van der Waals surface area contributed by atoms with Crippen LogP contribution in [0, 0.1) is 5.41 Å². The van der Waals surface area contributed by atoms with Gasteiger partial charge in [0.15, 0.2) is 5.79 Å². The van der Waals surface area contributed by atoms with E-state index in [0.717, 1.165) is 25.7 Å². The summed E-state index contributed by atoms with van der Waals surface area (Å²) < 4.78 is 18.2. The van der Waals surface area contributed by atoms with Crippen molar-refractivity contribution in [2.45, 2.75) is 83.4 Å². The van der Waals surface area contributed by atoms with Crippen LogP contribution in [0.2, 0.25) is 0 Å². The van der Waals surface area contributed by atoms with Gasteiger partial charge < -0.3 is 14.2 Å². The van der Waals surface area contributed by atoms with E-state index in [1.165, 1.54) is 6.92 Å². The molecule has 4 atom stereocenters. The van der Waals surface area contributed by atoms with E-state index in [1.807, 2.05) is 6.92 Å². The molecular weight excluding hydrogens is 244 g/mol. The zero-order chi connectivity index (χ0) is 14.1. The molecule has 4 nitrogen and oxygen atoms in total. The minimum Gasteiger partial charge on any atom is -0.459 e. The summed E-state index contributed by atoms with van der Waals surface area (Å²) in [4.78, 5) is 11.4. The first-order valence-corrected chi connectivity index (χ1v) is 7.22. The second kappa shape index (κ2) is 3.53. The van der Waals surface area contributed by atoms with Crippen molar-refractivity contribution in [1.82, 2.24) is 0 Å². The first-order valence-electron chi connectivity index (χ1n) is 7.22. The summed E-state index contributed by atoms with van der Waals surface area (Å²) in [6, 6.07) is 0. The Bertz CT molecular complexity index is 432. The van der Waals surface area contributed by atoms with Crippen LogP contribution in [-0.2, 0) is 19.0 Å². The third-order valence-corrected chi connectivity index (χ3v) is 5.60. The van der Waals surface area contributed by atoms with E-state index in [1.54, 1.807) is 0 Å². The fourth-order valence-corrected chi connectivity index (χ4v) is 4.64. The predicted octanol–water partition coefficient (Wildman–Crippen LogP) is 2.79. The van der Waals surface area contributed by atoms with Crippen LogP contribution >= 0.6 is 0 Å². The molecule has 0 N–H and O–H groups in total. The highest BCUT2D eigenvalue weighted by Gasteiger charge is 2.76. The van der Waals surface area contributed by atoms with Gasteiger partial charge in [-0.2, -0.15) is 0 Å². The van der Waals surface area contributed by atoms with Crippen LogP contribution in [0.25, 0.3) is 0 Å². The largest absolute Gasteiger partial charge is 0.459 e. The number of ether oxygens (including phenoxy) is 3. The van der Waals surface area contributed by atoms with Crippen molar-refractivity contribution < 1.29 is 19.0 Å². The lowest BCUT2D eigenvalue weighted by molar-refractivity contribution is -0.225. The molecule has 1 saturated carbocycles. The monoisotopic (exact) mass is 268 g/mol. The van der Waals surface area contributed by atoms with Crippen molar-refractivity contribution in [2.75, 3.05) is 0 Å². The van der Waals surface area contributed by atoms with Gasteiger partial charge in [-0.25, -0.2) is 0 Å². The Kier molecular flexibility index (Phi) is 2.48. The maximum atomic E-state index is 11.4. The molecule has 108 valence electrons. The molecule has 19 heavy (non-hydrogen) atoms. The SMILES string of the molecule is CC(=O)O[C@@H]1CCC(C)(C)[C@]23CC[C@](C)(O[C@@]12C)O3. The van der Waals surface area contributed by atoms with Crippen LogP contribution in [0.4, 0.5) is 0 Å². The van der Waals surface area contributed by atoms with Crippen LogP contribution in [0.15, 0.2) is 0 Å². The summed E-state index contributed by atoms with van der Waals surface area (Å²) in [7, 11) is 0. The first kappa shape index (κ1) is 13.4. The minimum absolute atomic E-state index is 0.0344. The fourth-order valence-electron chi connectivity index (χ4n) is 4.64. The number of hydrogen-bond acceptors (Lipinski definition) is 4. The zero-order valence-electron chi connectivity index (χ0n) is 12.5. The normalized spacial score (nSPS) is 50.9. The predicted molar refractivity (Wildman–Crippen MR) is 69.5 cm³/mol. The van der Waals surface area contributed by atoms with E-state index in [2.05, 4.69) is 20.8 Å². The Labute approximate surface area is 114 Å². The van der Waals surface area contributed by atoms with Gasteiger partial charge in [0.25, 0.3) is 0 Å². The molecule has 1 spiro atoms. The third kappa shape index (κ3) is 1.50. The van der Waals surface area contributed by atoms with Gasteiger partial charge >= 0.3 is 5.97 Å². The maximum Gasteiger partial charge on any atom is 0.303 e. The van der Waals surface area contributed by atoms with E-state index in [4.69, 9.17) is 14.2 Å².